The van der Waals surface area contributed by atoms with Crippen molar-refractivity contribution in [2.24, 2.45) is 0 Å². The van der Waals surface area contributed by atoms with Gasteiger partial charge in [-0.3, -0.25) is 0 Å². The van der Waals surface area contributed by atoms with Gasteiger partial charge in [0, 0.05) is 13.2 Å². The second kappa shape index (κ2) is 7.12. The summed E-state index contributed by atoms with van der Waals surface area (Å²) in [6.45, 7) is 3.31. The molecule has 0 aliphatic heterocycles. The van der Waals surface area contributed by atoms with E-state index < -0.39 is 0 Å². The molecule has 1 aromatic carbocycles. The van der Waals surface area contributed by atoms with E-state index in [1.165, 1.54) is 5.56 Å². The minimum absolute atomic E-state index is 0.304. The van der Waals surface area contributed by atoms with Crippen LogP contribution in [0, 0.1) is 6.92 Å². The van der Waals surface area contributed by atoms with Crippen molar-refractivity contribution in [3.63, 3.8) is 0 Å². The van der Waals surface area contributed by atoms with Gasteiger partial charge >= 0.3 is 0 Å². The van der Waals surface area contributed by atoms with Crippen LogP contribution in [0.1, 0.15) is 31.2 Å². The fraction of sp³-hybridized carbons (Fsp3) is 0.538. The summed E-state index contributed by atoms with van der Waals surface area (Å²) in [6.07, 6.45) is 4.28. The number of benzene rings is 1. The summed E-state index contributed by atoms with van der Waals surface area (Å²) >= 11 is 0. The monoisotopic (exact) mass is 222 g/mol. The molecule has 1 aromatic rings. The molecule has 0 bridgehead atoms. The summed E-state index contributed by atoms with van der Waals surface area (Å²) in [6, 6.07) is 6.02. The Kier molecular flexibility index (Phi) is 5.72. The van der Waals surface area contributed by atoms with Crippen LogP contribution in [-0.2, 0) is 0 Å². The van der Waals surface area contributed by atoms with Gasteiger partial charge in [0.2, 0.25) is 0 Å². The number of nitrogens with one attached hydrogen (secondary N) is 1. The van der Waals surface area contributed by atoms with Gasteiger partial charge in [-0.2, -0.15) is 0 Å². The molecule has 3 nitrogen and oxygen atoms in total. The number of aliphatic hydroxyl groups is 1. The average molecular weight is 222 g/mol. The molecule has 0 aromatic heterocycles. The van der Waals surface area contributed by atoms with Gasteiger partial charge < -0.3 is 16.2 Å². The Morgan fingerprint density at radius 2 is 1.94 bits per heavy atom. The lowest BCUT2D eigenvalue weighted by Gasteiger charge is -2.09. The molecule has 0 amide bonds. The second-order valence-electron chi connectivity index (χ2n) is 4.16. The quantitative estimate of drug-likeness (QED) is 0.491. The van der Waals surface area contributed by atoms with Crippen molar-refractivity contribution in [1.29, 1.82) is 0 Å². The summed E-state index contributed by atoms with van der Waals surface area (Å²) in [5.74, 6) is 0. The Morgan fingerprint density at radius 1 is 1.19 bits per heavy atom. The number of aliphatic hydroxyl groups excluding tert-OH is 1. The molecule has 90 valence electrons. The zero-order chi connectivity index (χ0) is 11.8. The maximum atomic E-state index is 8.64. The molecule has 0 radical (unpaired) electrons. The Morgan fingerprint density at radius 3 is 2.69 bits per heavy atom. The second-order valence-corrected chi connectivity index (χ2v) is 4.16. The van der Waals surface area contributed by atoms with Gasteiger partial charge in [0.05, 0.1) is 11.4 Å². The van der Waals surface area contributed by atoms with E-state index in [0.717, 1.165) is 43.6 Å². The highest BCUT2D eigenvalue weighted by Crippen LogP contribution is 2.19. The van der Waals surface area contributed by atoms with Gasteiger partial charge in [-0.05, 0) is 37.5 Å². The first kappa shape index (κ1) is 12.8. The number of anilines is 2. The molecular formula is C13H22N2O. The van der Waals surface area contributed by atoms with Crippen molar-refractivity contribution in [3.05, 3.63) is 23.8 Å². The number of nitrogens with two attached hydrogens (primary N) is 1. The standard InChI is InChI=1S/C13H22N2O/c1-11-6-7-12(14)13(10-11)15-8-4-2-3-5-9-16/h6-7,10,15-16H,2-5,8-9,14H2,1H3. The average Bonchev–Trinajstić information content (AvgIpc) is 2.28. The van der Waals surface area contributed by atoms with Crippen molar-refractivity contribution in [3.8, 4) is 0 Å². The van der Waals surface area contributed by atoms with Gasteiger partial charge in [0.15, 0.2) is 0 Å². The summed E-state index contributed by atoms with van der Waals surface area (Å²) < 4.78 is 0. The van der Waals surface area contributed by atoms with Crippen molar-refractivity contribution in [2.45, 2.75) is 32.6 Å². The van der Waals surface area contributed by atoms with Gasteiger partial charge in [0.1, 0.15) is 0 Å². The third-order valence-corrected chi connectivity index (χ3v) is 2.61. The number of hydrogen-bond donors (Lipinski definition) is 3. The van der Waals surface area contributed by atoms with E-state index in [4.69, 9.17) is 10.8 Å². The molecule has 1 rings (SSSR count). The lowest BCUT2D eigenvalue weighted by atomic mass is 10.1. The number of aryl methyl sites for hydroxylation is 1. The molecule has 16 heavy (non-hydrogen) atoms. The van der Waals surface area contributed by atoms with Crippen LogP contribution >= 0.6 is 0 Å². The van der Waals surface area contributed by atoms with Crippen molar-refractivity contribution in [2.75, 3.05) is 24.2 Å². The number of rotatable bonds is 7. The van der Waals surface area contributed by atoms with E-state index in [1.807, 2.05) is 12.1 Å². The fourth-order valence-corrected chi connectivity index (χ4v) is 1.64. The van der Waals surface area contributed by atoms with Crippen LogP contribution in [0.3, 0.4) is 0 Å². The van der Waals surface area contributed by atoms with E-state index in [2.05, 4.69) is 18.3 Å². The molecule has 0 saturated heterocycles. The van der Waals surface area contributed by atoms with Crippen molar-refractivity contribution >= 4 is 11.4 Å². The minimum Gasteiger partial charge on any atom is -0.397 e. The Labute approximate surface area is 97.7 Å². The highest BCUT2D eigenvalue weighted by atomic mass is 16.2. The summed E-state index contributed by atoms with van der Waals surface area (Å²) in [4.78, 5) is 0. The topological polar surface area (TPSA) is 58.3 Å². The molecule has 0 fully saturated rings. The summed E-state index contributed by atoms with van der Waals surface area (Å²) in [5, 5.41) is 12.0. The number of nitrogen functional groups attached to an aromatic ring is 1. The zero-order valence-corrected chi connectivity index (χ0v) is 10.00. The molecule has 0 saturated carbocycles. The van der Waals surface area contributed by atoms with E-state index in [-0.39, 0.29) is 0 Å². The van der Waals surface area contributed by atoms with E-state index in [9.17, 15) is 0 Å². The summed E-state index contributed by atoms with van der Waals surface area (Å²) in [7, 11) is 0. The van der Waals surface area contributed by atoms with Gasteiger partial charge in [-0.15, -0.1) is 0 Å². The largest absolute Gasteiger partial charge is 0.397 e. The predicted octanol–water partition coefficient (Wildman–Crippen LogP) is 2.54. The third kappa shape index (κ3) is 4.53. The van der Waals surface area contributed by atoms with Crippen LogP contribution in [0.2, 0.25) is 0 Å². The molecular weight excluding hydrogens is 200 g/mol. The smallest absolute Gasteiger partial charge is 0.0576 e. The van der Waals surface area contributed by atoms with Crippen LogP contribution in [0.15, 0.2) is 18.2 Å². The normalized spacial score (nSPS) is 10.4. The molecule has 3 heteroatoms. The molecule has 0 unspecified atom stereocenters. The molecule has 0 aliphatic carbocycles. The Bertz CT molecular complexity index is 313. The van der Waals surface area contributed by atoms with Crippen LogP contribution < -0.4 is 11.1 Å². The van der Waals surface area contributed by atoms with Gasteiger partial charge in [-0.1, -0.05) is 18.9 Å². The SMILES string of the molecule is Cc1ccc(N)c(NCCCCCCO)c1. The summed E-state index contributed by atoms with van der Waals surface area (Å²) in [5.41, 5.74) is 8.91. The highest BCUT2D eigenvalue weighted by Gasteiger charge is 1.98. The third-order valence-electron chi connectivity index (χ3n) is 2.61. The molecule has 0 atom stereocenters. The molecule has 4 N–H and O–H groups in total. The minimum atomic E-state index is 0.304. The van der Waals surface area contributed by atoms with E-state index in [1.54, 1.807) is 0 Å². The first-order valence-corrected chi connectivity index (χ1v) is 5.95. The Balaban J connectivity index is 2.23. The van der Waals surface area contributed by atoms with Crippen molar-refractivity contribution < 1.29 is 5.11 Å². The predicted molar refractivity (Wildman–Crippen MR) is 69.6 cm³/mol. The van der Waals surface area contributed by atoms with Gasteiger partial charge in [0.25, 0.3) is 0 Å². The lowest BCUT2D eigenvalue weighted by molar-refractivity contribution is 0.283. The molecule has 0 aliphatic rings. The fourth-order valence-electron chi connectivity index (χ4n) is 1.64. The molecule has 0 heterocycles. The Hall–Kier alpha value is -1.22. The van der Waals surface area contributed by atoms with E-state index >= 15 is 0 Å². The van der Waals surface area contributed by atoms with E-state index in [0.29, 0.717) is 6.61 Å². The first-order valence-electron chi connectivity index (χ1n) is 5.95. The maximum Gasteiger partial charge on any atom is 0.0576 e. The number of unbranched alkanes of at least 4 members (excludes halogenated alkanes) is 3. The van der Waals surface area contributed by atoms with Crippen LogP contribution in [0.25, 0.3) is 0 Å². The van der Waals surface area contributed by atoms with Crippen LogP contribution in [0.4, 0.5) is 11.4 Å². The zero-order valence-electron chi connectivity index (χ0n) is 10.00. The highest BCUT2D eigenvalue weighted by molar-refractivity contribution is 5.66. The van der Waals surface area contributed by atoms with Crippen LogP contribution in [0.5, 0.6) is 0 Å². The van der Waals surface area contributed by atoms with Crippen molar-refractivity contribution in [1.82, 2.24) is 0 Å². The molecule has 0 spiro atoms. The number of hydrogen-bond acceptors (Lipinski definition) is 3. The van der Waals surface area contributed by atoms with Gasteiger partial charge in [-0.25, -0.2) is 0 Å². The lowest BCUT2D eigenvalue weighted by Crippen LogP contribution is -2.04. The van der Waals surface area contributed by atoms with Crippen LogP contribution in [-0.4, -0.2) is 18.3 Å². The first-order chi connectivity index (χ1) is 7.74. The maximum absolute atomic E-state index is 8.64.